The Morgan fingerprint density at radius 1 is 1.43 bits per heavy atom. The van der Waals surface area contributed by atoms with Gasteiger partial charge in [-0.1, -0.05) is 18.2 Å². The van der Waals surface area contributed by atoms with Gasteiger partial charge in [0.2, 0.25) is 0 Å². The number of carbonyl (C=O) groups is 1. The van der Waals surface area contributed by atoms with Gasteiger partial charge in [0.25, 0.3) is 0 Å². The fourth-order valence-corrected chi connectivity index (χ4v) is 1.24. The molecule has 1 rings (SSSR count). The van der Waals surface area contributed by atoms with Crippen LogP contribution in [0.25, 0.3) is 0 Å². The van der Waals surface area contributed by atoms with Gasteiger partial charge in [-0.3, -0.25) is 4.79 Å². The molecule has 0 atom stereocenters. The van der Waals surface area contributed by atoms with Gasteiger partial charge >= 0.3 is 5.97 Å². The summed E-state index contributed by atoms with van der Waals surface area (Å²) in [6.07, 6.45) is 8.79. The van der Waals surface area contributed by atoms with Crippen molar-refractivity contribution in [2.45, 2.75) is 25.7 Å². The highest BCUT2D eigenvalue weighted by atomic mass is 16.4. The minimum Gasteiger partial charge on any atom is -0.481 e. The molecule has 0 saturated carbocycles. The van der Waals surface area contributed by atoms with E-state index in [1.54, 1.807) is 0 Å². The Bertz CT molecular complexity index is 286. The molecular formula is C11H15NO2. The predicted octanol–water partition coefficient (Wildman–Crippen LogP) is 1.83. The molecule has 0 aromatic rings. The van der Waals surface area contributed by atoms with Crippen LogP contribution in [0.5, 0.6) is 0 Å². The van der Waals surface area contributed by atoms with Crippen LogP contribution in [-0.2, 0) is 4.79 Å². The number of carboxylic acids is 1. The zero-order valence-electron chi connectivity index (χ0n) is 8.12. The molecule has 1 aliphatic rings. The lowest BCUT2D eigenvalue weighted by Crippen LogP contribution is -2.12. The Hall–Kier alpha value is -1.47. The lowest BCUT2D eigenvalue weighted by atomic mass is 10.2. The summed E-state index contributed by atoms with van der Waals surface area (Å²) in [6.45, 7) is 0.889. The zero-order valence-corrected chi connectivity index (χ0v) is 8.12. The minimum absolute atomic E-state index is 0.280. The Labute approximate surface area is 83.8 Å². The Morgan fingerprint density at radius 2 is 2.29 bits per heavy atom. The Morgan fingerprint density at radius 3 is 2.93 bits per heavy atom. The van der Waals surface area contributed by atoms with Crippen LogP contribution < -0.4 is 5.32 Å². The van der Waals surface area contributed by atoms with E-state index in [1.807, 2.05) is 18.2 Å². The molecule has 14 heavy (non-hydrogen) atoms. The lowest BCUT2D eigenvalue weighted by Gasteiger charge is -2.03. The van der Waals surface area contributed by atoms with Crippen molar-refractivity contribution in [3.05, 3.63) is 29.7 Å². The van der Waals surface area contributed by atoms with Gasteiger partial charge < -0.3 is 10.4 Å². The molecule has 3 nitrogen and oxygen atoms in total. The first-order valence-electron chi connectivity index (χ1n) is 4.88. The summed E-state index contributed by atoms with van der Waals surface area (Å²) in [5.74, 6) is -0.706. The summed E-state index contributed by atoms with van der Waals surface area (Å²) >= 11 is 0. The third-order valence-electron chi connectivity index (χ3n) is 1.98. The lowest BCUT2D eigenvalue weighted by molar-refractivity contribution is -0.137. The highest BCUT2D eigenvalue weighted by Gasteiger charge is 1.96. The first-order chi connectivity index (χ1) is 6.79. The Balaban J connectivity index is 1.92. The zero-order chi connectivity index (χ0) is 10.2. The van der Waals surface area contributed by atoms with E-state index < -0.39 is 5.97 Å². The average molecular weight is 193 g/mol. The standard InChI is InChI=1S/C11H15NO2/c13-11(14)8-2-1-5-9-12-10-6-3-4-7-10/h3-4,6,12H,1-2,5,8-9H2,(H,13,14). The Kier molecular flexibility index (Phi) is 4.59. The minimum atomic E-state index is -0.706. The number of aliphatic carboxylic acids is 1. The van der Waals surface area contributed by atoms with Gasteiger partial charge in [-0.25, -0.2) is 0 Å². The molecule has 0 saturated heterocycles. The van der Waals surface area contributed by atoms with Crippen LogP contribution in [0.2, 0.25) is 0 Å². The maximum absolute atomic E-state index is 10.2. The molecule has 0 fully saturated rings. The van der Waals surface area contributed by atoms with Crippen molar-refractivity contribution >= 4 is 5.97 Å². The van der Waals surface area contributed by atoms with Crippen molar-refractivity contribution in [2.75, 3.05) is 6.54 Å². The fraction of sp³-hybridized carbons (Fsp3) is 0.455. The maximum Gasteiger partial charge on any atom is 0.303 e. The first kappa shape index (κ1) is 10.6. The smallest absolute Gasteiger partial charge is 0.303 e. The van der Waals surface area contributed by atoms with Crippen molar-refractivity contribution < 1.29 is 9.90 Å². The second kappa shape index (κ2) is 6.06. The van der Waals surface area contributed by atoms with Gasteiger partial charge in [0.1, 0.15) is 0 Å². The third kappa shape index (κ3) is 4.53. The third-order valence-corrected chi connectivity index (χ3v) is 1.98. The van der Waals surface area contributed by atoms with E-state index in [0.29, 0.717) is 0 Å². The highest BCUT2D eigenvalue weighted by Crippen LogP contribution is 2.01. The summed E-state index contributed by atoms with van der Waals surface area (Å²) < 4.78 is 0. The van der Waals surface area contributed by atoms with Crippen molar-refractivity contribution in [1.29, 1.82) is 0 Å². The van der Waals surface area contributed by atoms with Crippen molar-refractivity contribution in [3.63, 3.8) is 0 Å². The topological polar surface area (TPSA) is 49.3 Å². The summed E-state index contributed by atoms with van der Waals surface area (Å²) in [5.41, 5.74) is 4.06. The van der Waals surface area contributed by atoms with Gasteiger partial charge in [-0.05, 0) is 25.0 Å². The molecule has 0 radical (unpaired) electrons. The van der Waals surface area contributed by atoms with Crippen LogP contribution in [0.3, 0.4) is 0 Å². The molecule has 1 aliphatic carbocycles. The van der Waals surface area contributed by atoms with Crippen LogP contribution in [0, 0.1) is 0 Å². The number of hydrogen-bond donors (Lipinski definition) is 2. The van der Waals surface area contributed by atoms with E-state index in [1.165, 1.54) is 0 Å². The molecule has 0 heterocycles. The van der Waals surface area contributed by atoms with Gasteiger partial charge in [0.05, 0.1) is 5.70 Å². The molecule has 0 aromatic carbocycles. The van der Waals surface area contributed by atoms with Crippen molar-refractivity contribution in [3.8, 4) is 0 Å². The van der Waals surface area contributed by atoms with E-state index in [2.05, 4.69) is 11.0 Å². The van der Waals surface area contributed by atoms with Gasteiger partial charge in [-0.2, -0.15) is 0 Å². The molecule has 3 heteroatoms. The van der Waals surface area contributed by atoms with E-state index in [4.69, 9.17) is 5.11 Å². The first-order valence-corrected chi connectivity index (χ1v) is 4.88. The van der Waals surface area contributed by atoms with E-state index in [0.717, 1.165) is 31.5 Å². The number of rotatable bonds is 7. The van der Waals surface area contributed by atoms with Crippen LogP contribution in [0.1, 0.15) is 25.7 Å². The van der Waals surface area contributed by atoms with E-state index >= 15 is 0 Å². The number of unbranched alkanes of at least 4 members (excludes halogenated alkanes) is 2. The quantitative estimate of drug-likeness (QED) is 0.479. The number of allylic oxidation sites excluding steroid dienone is 2. The SMILES string of the molecule is O=C(O)CCCCCNC1=C=CC=C1. The molecular weight excluding hydrogens is 178 g/mol. The normalized spacial score (nSPS) is 13.0. The molecule has 0 amide bonds. The van der Waals surface area contributed by atoms with Crippen LogP contribution in [-0.4, -0.2) is 17.6 Å². The van der Waals surface area contributed by atoms with Gasteiger partial charge in [-0.15, -0.1) is 0 Å². The number of nitrogens with one attached hydrogen (secondary N) is 1. The largest absolute Gasteiger partial charge is 0.481 e. The average Bonchev–Trinajstić information content (AvgIpc) is 2.63. The van der Waals surface area contributed by atoms with Crippen molar-refractivity contribution in [1.82, 2.24) is 5.32 Å². The molecule has 0 aliphatic heterocycles. The summed E-state index contributed by atoms with van der Waals surface area (Å²) in [5, 5.41) is 11.6. The molecule has 76 valence electrons. The molecule has 0 aromatic heterocycles. The van der Waals surface area contributed by atoms with E-state index in [9.17, 15) is 4.79 Å². The summed E-state index contributed by atoms with van der Waals surface area (Å²) in [4.78, 5) is 10.2. The number of hydrogen-bond acceptors (Lipinski definition) is 2. The summed E-state index contributed by atoms with van der Waals surface area (Å²) in [6, 6.07) is 0. The van der Waals surface area contributed by atoms with Crippen LogP contribution in [0.4, 0.5) is 0 Å². The van der Waals surface area contributed by atoms with Gasteiger partial charge in [0.15, 0.2) is 0 Å². The maximum atomic E-state index is 10.2. The molecule has 0 unspecified atom stereocenters. The predicted molar refractivity (Wildman–Crippen MR) is 54.8 cm³/mol. The van der Waals surface area contributed by atoms with Crippen molar-refractivity contribution in [2.24, 2.45) is 0 Å². The summed E-state index contributed by atoms with van der Waals surface area (Å²) in [7, 11) is 0. The molecule has 2 N–H and O–H groups in total. The monoisotopic (exact) mass is 193 g/mol. The fourth-order valence-electron chi connectivity index (χ4n) is 1.24. The van der Waals surface area contributed by atoms with Crippen LogP contribution in [0.15, 0.2) is 29.7 Å². The second-order valence-corrected chi connectivity index (χ2v) is 3.21. The second-order valence-electron chi connectivity index (χ2n) is 3.21. The van der Waals surface area contributed by atoms with Gasteiger partial charge in [0, 0.05) is 13.0 Å². The molecule has 0 bridgehead atoms. The van der Waals surface area contributed by atoms with E-state index in [-0.39, 0.29) is 6.42 Å². The highest BCUT2D eigenvalue weighted by molar-refractivity contribution is 5.66. The number of carboxylic acid groups (broad SMARTS) is 1. The molecule has 0 spiro atoms. The van der Waals surface area contributed by atoms with Crippen LogP contribution >= 0.6 is 0 Å².